The van der Waals surface area contributed by atoms with E-state index in [1.54, 1.807) is 18.2 Å². The first-order valence-electron chi connectivity index (χ1n) is 4.74. The van der Waals surface area contributed by atoms with E-state index in [0.717, 1.165) is 6.42 Å². The fourth-order valence-corrected chi connectivity index (χ4v) is 2.33. The van der Waals surface area contributed by atoms with Crippen molar-refractivity contribution in [2.24, 2.45) is 0 Å². The maximum Gasteiger partial charge on any atom is 0.282 e. The van der Waals surface area contributed by atoms with Gasteiger partial charge in [-0.05, 0) is 12.2 Å². The molecule has 0 bridgehead atoms. The highest BCUT2D eigenvalue weighted by molar-refractivity contribution is 7.99. The number of thioether (sulfide) groups is 1. The quantitative estimate of drug-likeness (QED) is 0.540. The van der Waals surface area contributed by atoms with Crippen LogP contribution in [0.5, 0.6) is 0 Å². The zero-order valence-electron chi connectivity index (χ0n) is 8.26. The molecule has 15 heavy (non-hydrogen) atoms. The van der Waals surface area contributed by atoms with E-state index in [1.807, 2.05) is 0 Å². The molecule has 1 aromatic rings. The zero-order chi connectivity index (χ0) is 11.1. The Labute approximate surface area is 98.0 Å². The van der Waals surface area contributed by atoms with Gasteiger partial charge in [-0.3, -0.25) is 0 Å². The van der Waals surface area contributed by atoms with Gasteiger partial charge in [-0.25, -0.2) is 8.78 Å². The molecule has 0 aliphatic rings. The summed E-state index contributed by atoms with van der Waals surface area (Å²) in [5, 5.41) is 0. The number of rotatable bonds is 6. The Balaban J connectivity index is 2.45. The summed E-state index contributed by atoms with van der Waals surface area (Å²) in [7, 11) is 0. The SMILES string of the molecule is FC(F)(CSCCCCl)c1ccccc1. The van der Waals surface area contributed by atoms with E-state index in [1.165, 1.54) is 23.9 Å². The monoisotopic (exact) mass is 250 g/mol. The summed E-state index contributed by atoms with van der Waals surface area (Å²) in [5.74, 6) is -1.69. The van der Waals surface area contributed by atoms with Crippen LogP contribution in [0.25, 0.3) is 0 Å². The van der Waals surface area contributed by atoms with E-state index in [2.05, 4.69) is 0 Å². The first-order valence-corrected chi connectivity index (χ1v) is 6.43. The summed E-state index contributed by atoms with van der Waals surface area (Å²) in [4.78, 5) is 0. The second kappa shape index (κ2) is 6.33. The Morgan fingerprint density at radius 3 is 2.47 bits per heavy atom. The first-order chi connectivity index (χ1) is 7.17. The molecule has 4 heteroatoms. The summed E-state index contributed by atoms with van der Waals surface area (Å²) >= 11 is 6.71. The number of alkyl halides is 3. The minimum Gasteiger partial charge on any atom is -0.200 e. The molecule has 0 spiro atoms. The van der Waals surface area contributed by atoms with Crippen molar-refractivity contribution < 1.29 is 8.78 Å². The first kappa shape index (κ1) is 12.8. The molecule has 0 atom stereocenters. The van der Waals surface area contributed by atoms with Crippen molar-refractivity contribution in [2.45, 2.75) is 12.3 Å². The minimum atomic E-state index is -2.74. The van der Waals surface area contributed by atoms with Crippen LogP contribution in [0.4, 0.5) is 8.78 Å². The third-order valence-electron chi connectivity index (χ3n) is 1.90. The lowest BCUT2D eigenvalue weighted by Gasteiger charge is -2.15. The molecule has 0 radical (unpaired) electrons. The summed E-state index contributed by atoms with van der Waals surface area (Å²) < 4.78 is 27.1. The smallest absolute Gasteiger partial charge is 0.200 e. The fraction of sp³-hybridized carbons (Fsp3) is 0.455. The van der Waals surface area contributed by atoms with Crippen LogP contribution in [0.1, 0.15) is 12.0 Å². The van der Waals surface area contributed by atoms with E-state index in [9.17, 15) is 8.78 Å². The maximum atomic E-state index is 13.5. The maximum absolute atomic E-state index is 13.5. The molecule has 0 N–H and O–H groups in total. The Morgan fingerprint density at radius 1 is 1.20 bits per heavy atom. The third-order valence-corrected chi connectivity index (χ3v) is 3.31. The third kappa shape index (κ3) is 4.39. The molecule has 0 saturated heterocycles. The van der Waals surface area contributed by atoms with Crippen LogP contribution >= 0.6 is 23.4 Å². The number of halogens is 3. The second-order valence-electron chi connectivity index (χ2n) is 3.17. The predicted molar refractivity (Wildman–Crippen MR) is 63.0 cm³/mol. The van der Waals surface area contributed by atoms with Gasteiger partial charge >= 0.3 is 0 Å². The van der Waals surface area contributed by atoms with E-state index < -0.39 is 5.92 Å². The van der Waals surface area contributed by atoms with Gasteiger partial charge in [-0.15, -0.1) is 11.6 Å². The van der Waals surface area contributed by atoms with Crippen molar-refractivity contribution in [3.8, 4) is 0 Å². The number of benzene rings is 1. The normalized spacial score (nSPS) is 11.7. The molecule has 1 rings (SSSR count). The van der Waals surface area contributed by atoms with Crippen molar-refractivity contribution in [2.75, 3.05) is 17.4 Å². The molecule has 0 aromatic heterocycles. The minimum absolute atomic E-state index is 0.0865. The average molecular weight is 251 g/mol. The van der Waals surface area contributed by atoms with Crippen LogP contribution in [0.2, 0.25) is 0 Å². The molecular formula is C11H13ClF2S. The molecule has 0 aliphatic heterocycles. The number of hydrogen-bond acceptors (Lipinski definition) is 1. The Hall–Kier alpha value is -0.280. The summed E-state index contributed by atoms with van der Waals surface area (Å²) in [6.07, 6.45) is 0.775. The van der Waals surface area contributed by atoms with Crippen molar-refractivity contribution in [1.29, 1.82) is 0 Å². The van der Waals surface area contributed by atoms with E-state index in [4.69, 9.17) is 11.6 Å². The molecule has 0 heterocycles. The topological polar surface area (TPSA) is 0 Å². The number of hydrogen-bond donors (Lipinski definition) is 0. The average Bonchev–Trinajstić information content (AvgIpc) is 2.26. The van der Waals surface area contributed by atoms with Crippen LogP contribution in [0.3, 0.4) is 0 Å². The van der Waals surface area contributed by atoms with Crippen molar-refractivity contribution in [1.82, 2.24) is 0 Å². The molecule has 1 aromatic carbocycles. The van der Waals surface area contributed by atoms with Gasteiger partial charge in [0.1, 0.15) is 0 Å². The molecule has 84 valence electrons. The molecule has 0 amide bonds. The van der Waals surface area contributed by atoms with Gasteiger partial charge in [0.05, 0.1) is 5.75 Å². The highest BCUT2D eigenvalue weighted by atomic mass is 35.5. The van der Waals surface area contributed by atoms with Gasteiger partial charge < -0.3 is 0 Å². The van der Waals surface area contributed by atoms with Crippen molar-refractivity contribution in [3.05, 3.63) is 35.9 Å². The fourth-order valence-electron chi connectivity index (χ4n) is 1.12. The van der Waals surface area contributed by atoms with E-state index in [0.29, 0.717) is 11.6 Å². The van der Waals surface area contributed by atoms with Crippen LogP contribution in [-0.4, -0.2) is 17.4 Å². The van der Waals surface area contributed by atoms with Gasteiger partial charge in [0, 0.05) is 11.4 Å². The Bertz CT molecular complexity index is 277. The van der Waals surface area contributed by atoms with Crippen LogP contribution in [0.15, 0.2) is 30.3 Å². The van der Waals surface area contributed by atoms with E-state index in [-0.39, 0.29) is 11.3 Å². The molecule has 0 saturated carbocycles. The second-order valence-corrected chi connectivity index (χ2v) is 4.65. The largest absolute Gasteiger partial charge is 0.282 e. The lowest BCUT2D eigenvalue weighted by atomic mass is 10.1. The Morgan fingerprint density at radius 2 is 1.87 bits per heavy atom. The lowest BCUT2D eigenvalue weighted by Crippen LogP contribution is -2.16. The van der Waals surface area contributed by atoms with Gasteiger partial charge in [0.15, 0.2) is 0 Å². The summed E-state index contributed by atoms with van der Waals surface area (Å²) in [5.41, 5.74) is 0.0865. The van der Waals surface area contributed by atoms with Gasteiger partial charge in [-0.1, -0.05) is 30.3 Å². The van der Waals surface area contributed by atoms with Gasteiger partial charge in [0.2, 0.25) is 0 Å². The van der Waals surface area contributed by atoms with Crippen molar-refractivity contribution in [3.63, 3.8) is 0 Å². The van der Waals surface area contributed by atoms with Gasteiger partial charge in [0.25, 0.3) is 5.92 Å². The van der Waals surface area contributed by atoms with Crippen LogP contribution in [0, 0.1) is 0 Å². The molecular weight excluding hydrogens is 238 g/mol. The predicted octanol–water partition coefficient (Wildman–Crippen LogP) is 4.14. The van der Waals surface area contributed by atoms with E-state index >= 15 is 0 Å². The Kier molecular flexibility index (Phi) is 5.40. The highest BCUT2D eigenvalue weighted by Crippen LogP contribution is 2.31. The molecule has 0 nitrogen and oxygen atoms in total. The zero-order valence-corrected chi connectivity index (χ0v) is 9.83. The van der Waals surface area contributed by atoms with Crippen molar-refractivity contribution >= 4 is 23.4 Å². The molecule has 0 unspecified atom stereocenters. The van der Waals surface area contributed by atoms with Crippen LogP contribution in [-0.2, 0) is 5.92 Å². The highest BCUT2D eigenvalue weighted by Gasteiger charge is 2.30. The lowest BCUT2D eigenvalue weighted by molar-refractivity contribution is 0.0232. The van der Waals surface area contributed by atoms with Gasteiger partial charge in [-0.2, -0.15) is 11.8 Å². The summed E-state index contributed by atoms with van der Waals surface area (Å²) in [6.45, 7) is 0. The molecule has 0 fully saturated rings. The van der Waals surface area contributed by atoms with Crippen LogP contribution < -0.4 is 0 Å². The summed E-state index contributed by atoms with van der Waals surface area (Å²) in [6, 6.07) is 7.92. The molecule has 0 aliphatic carbocycles. The standard InChI is InChI=1S/C11H13ClF2S/c12-7-4-8-15-9-11(13,14)10-5-2-1-3-6-10/h1-3,5-6H,4,7-9H2.